The number of carbonyl (C=O) groups is 1. The number of rotatable bonds is 5. The van der Waals surface area contributed by atoms with Gasteiger partial charge >= 0.3 is 0 Å². The van der Waals surface area contributed by atoms with E-state index in [0.29, 0.717) is 25.2 Å². The summed E-state index contributed by atoms with van der Waals surface area (Å²) in [6.45, 7) is 7.41. The van der Waals surface area contributed by atoms with Crippen molar-refractivity contribution in [2.75, 3.05) is 19.6 Å². The van der Waals surface area contributed by atoms with Crippen molar-refractivity contribution in [2.45, 2.75) is 32.9 Å². The number of hydrogen-bond acceptors (Lipinski definition) is 3. The first-order valence-electron chi connectivity index (χ1n) is 7.26. The number of nitrogens with zero attached hydrogens (tertiary/aromatic N) is 1. The lowest BCUT2D eigenvalue weighted by Gasteiger charge is -2.48. The van der Waals surface area contributed by atoms with Gasteiger partial charge in [-0.25, -0.2) is 4.39 Å². The molecule has 0 bridgehead atoms. The number of β-amino-alcohol motifs (C(OH)–C–C–N with tert-alkyl or cyclic N) is 1. The van der Waals surface area contributed by atoms with Crippen LogP contribution in [0.3, 0.4) is 0 Å². The van der Waals surface area contributed by atoms with E-state index in [2.05, 4.69) is 5.32 Å². The quantitative estimate of drug-likeness (QED) is 0.864. The Kier molecular flexibility index (Phi) is 4.64. The zero-order chi connectivity index (χ0) is 15.6. The van der Waals surface area contributed by atoms with E-state index in [4.69, 9.17) is 0 Å². The maximum absolute atomic E-state index is 13.1. The molecule has 1 fully saturated rings. The molecule has 2 rings (SSSR count). The molecule has 0 saturated carbocycles. The molecule has 0 spiro atoms. The maximum Gasteiger partial charge on any atom is 0.234 e. The van der Waals surface area contributed by atoms with E-state index < -0.39 is 5.60 Å². The molecule has 0 radical (unpaired) electrons. The maximum atomic E-state index is 13.1. The number of likely N-dealkylation sites (tertiary alicyclic amines) is 1. The second-order valence-corrected chi connectivity index (χ2v) is 6.26. The summed E-state index contributed by atoms with van der Waals surface area (Å²) >= 11 is 0. The van der Waals surface area contributed by atoms with Crippen molar-refractivity contribution >= 4 is 5.91 Å². The molecular weight excluding hydrogens is 271 g/mol. The lowest BCUT2D eigenvalue weighted by Crippen LogP contribution is -2.65. The number of amides is 1. The lowest BCUT2D eigenvalue weighted by atomic mass is 9.83. The first-order chi connectivity index (χ1) is 9.80. The minimum Gasteiger partial charge on any atom is -0.387 e. The molecular formula is C16H23FN2O2. The molecule has 1 aromatic rings. The minimum absolute atomic E-state index is 0.0808. The van der Waals surface area contributed by atoms with Gasteiger partial charge in [-0.05, 0) is 30.0 Å². The Morgan fingerprint density at radius 3 is 2.71 bits per heavy atom. The van der Waals surface area contributed by atoms with Gasteiger partial charge in [0.1, 0.15) is 5.82 Å². The number of benzene rings is 1. The molecule has 0 aliphatic carbocycles. The molecule has 0 unspecified atom stereocenters. The summed E-state index contributed by atoms with van der Waals surface area (Å²) in [4.78, 5) is 13.8. The van der Waals surface area contributed by atoms with Crippen molar-refractivity contribution in [3.8, 4) is 0 Å². The lowest BCUT2D eigenvalue weighted by molar-refractivity contribution is -0.142. The van der Waals surface area contributed by atoms with Gasteiger partial charge in [0.25, 0.3) is 0 Å². The highest BCUT2D eigenvalue weighted by molar-refractivity contribution is 5.78. The van der Waals surface area contributed by atoms with Gasteiger partial charge in [-0.3, -0.25) is 9.69 Å². The molecule has 1 aliphatic heterocycles. The average molecular weight is 294 g/mol. The van der Waals surface area contributed by atoms with Gasteiger partial charge < -0.3 is 10.4 Å². The highest BCUT2D eigenvalue weighted by Crippen LogP contribution is 2.27. The van der Waals surface area contributed by atoms with E-state index in [1.165, 1.54) is 6.07 Å². The van der Waals surface area contributed by atoms with Crippen LogP contribution in [0, 0.1) is 18.7 Å². The molecule has 0 atom stereocenters. The molecule has 1 saturated heterocycles. The summed E-state index contributed by atoms with van der Waals surface area (Å²) in [6.07, 6.45) is 0. The first kappa shape index (κ1) is 15.9. The Morgan fingerprint density at radius 1 is 1.48 bits per heavy atom. The Morgan fingerprint density at radius 2 is 2.14 bits per heavy atom. The zero-order valence-corrected chi connectivity index (χ0v) is 12.8. The fourth-order valence-electron chi connectivity index (χ4n) is 2.48. The molecule has 4 nitrogen and oxygen atoms in total. The topological polar surface area (TPSA) is 52.6 Å². The van der Waals surface area contributed by atoms with Crippen molar-refractivity contribution in [1.82, 2.24) is 10.2 Å². The normalized spacial score (nSPS) is 17.6. The SMILES string of the molecule is Cc1cc(CNC(=O)CN2CC(O)(C(C)C)C2)ccc1F. The Labute approximate surface area is 125 Å². The third-order valence-corrected chi connectivity index (χ3v) is 4.15. The highest BCUT2D eigenvalue weighted by atomic mass is 19.1. The summed E-state index contributed by atoms with van der Waals surface area (Å²) in [7, 11) is 0. The van der Waals surface area contributed by atoms with Gasteiger partial charge in [-0.2, -0.15) is 0 Å². The largest absolute Gasteiger partial charge is 0.387 e. The first-order valence-corrected chi connectivity index (χ1v) is 7.26. The molecule has 1 amide bonds. The average Bonchev–Trinajstić information content (AvgIpc) is 2.38. The van der Waals surface area contributed by atoms with Gasteiger partial charge in [0.05, 0.1) is 12.1 Å². The van der Waals surface area contributed by atoms with Crippen LogP contribution < -0.4 is 5.32 Å². The van der Waals surface area contributed by atoms with E-state index in [-0.39, 0.29) is 24.2 Å². The summed E-state index contributed by atoms with van der Waals surface area (Å²) in [5.74, 6) is -0.125. The van der Waals surface area contributed by atoms with Crippen LogP contribution in [-0.4, -0.2) is 41.1 Å². The minimum atomic E-state index is -0.658. The van der Waals surface area contributed by atoms with Crippen LogP contribution in [0.25, 0.3) is 0 Å². The number of halogens is 1. The number of carbonyl (C=O) groups excluding carboxylic acids is 1. The summed E-state index contributed by atoms with van der Waals surface area (Å²) < 4.78 is 13.1. The van der Waals surface area contributed by atoms with Crippen LogP contribution in [0.15, 0.2) is 18.2 Å². The van der Waals surface area contributed by atoms with Crippen LogP contribution in [0.4, 0.5) is 4.39 Å². The van der Waals surface area contributed by atoms with Gasteiger partial charge in [-0.15, -0.1) is 0 Å². The number of aryl methyl sites for hydroxylation is 1. The molecule has 1 heterocycles. The molecule has 21 heavy (non-hydrogen) atoms. The van der Waals surface area contributed by atoms with Crippen molar-refractivity contribution < 1.29 is 14.3 Å². The van der Waals surface area contributed by atoms with Crippen LogP contribution in [-0.2, 0) is 11.3 Å². The van der Waals surface area contributed by atoms with Crippen molar-refractivity contribution in [2.24, 2.45) is 5.92 Å². The van der Waals surface area contributed by atoms with E-state index in [9.17, 15) is 14.3 Å². The Balaban J connectivity index is 1.75. The molecule has 0 aromatic heterocycles. The van der Waals surface area contributed by atoms with Crippen molar-refractivity contribution in [3.05, 3.63) is 35.1 Å². The zero-order valence-electron chi connectivity index (χ0n) is 12.8. The summed E-state index contributed by atoms with van der Waals surface area (Å²) in [5, 5.41) is 12.9. The van der Waals surface area contributed by atoms with Gasteiger partial charge in [0.2, 0.25) is 5.91 Å². The van der Waals surface area contributed by atoms with Crippen molar-refractivity contribution in [3.63, 3.8) is 0 Å². The summed E-state index contributed by atoms with van der Waals surface area (Å²) in [6, 6.07) is 4.81. The van der Waals surface area contributed by atoms with Crippen LogP contribution in [0.2, 0.25) is 0 Å². The standard InChI is InChI=1S/C16H23FN2O2/c1-11(2)16(21)9-19(10-16)8-15(20)18-7-13-4-5-14(17)12(3)6-13/h4-6,11,21H,7-10H2,1-3H3,(H,18,20). The molecule has 5 heteroatoms. The van der Waals surface area contributed by atoms with E-state index >= 15 is 0 Å². The number of hydrogen-bond donors (Lipinski definition) is 2. The molecule has 1 aromatic carbocycles. The smallest absolute Gasteiger partial charge is 0.234 e. The summed E-state index contributed by atoms with van der Waals surface area (Å²) in [5.41, 5.74) is 0.796. The van der Waals surface area contributed by atoms with Crippen LogP contribution >= 0.6 is 0 Å². The second kappa shape index (κ2) is 6.12. The number of aliphatic hydroxyl groups is 1. The number of nitrogens with one attached hydrogen (secondary N) is 1. The highest BCUT2D eigenvalue weighted by Gasteiger charge is 2.43. The monoisotopic (exact) mass is 294 g/mol. The van der Waals surface area contributed by atoms with Gasteiger partial charge in [0, 0.05) is 19.6 Å². The van der Waals surface area contributed by atoms with Crippen molar-refractivity contribution in [1.29, 1.82) is 0 Å². The van der Waals surface area contributed by atoms with E-state index in [1.807, 2.05) is 18.7 Å². The van der Waals surface area contributed by atoms with E-state index in [1.54, 1.807) is 19.1 Å². The van der Waals surface area contributed by atoms with Crippen LogP contribution in [0.1, 0.15) is 25.0 Å². The second-order valence-electron chi connectivity index (χ2n) is 6.26. The van der Waals surface area contributed by atoms with Crippen LogP contribution in [0.5, 0.6) is 0 Å². The fourth-order valence-corrected chi connectivity index (χ4v) is 2.48. The molecule has 2 N–H and O–H groups in total. The van der Waals surface area contributed by atoms with Gasteiger partial charge in [-0.1, -0.05) is 26.0 Å². The molecule has 1 aliphatic rings. The fraction of sp³-hybridized carbons (Fsp3) is 0.562. The predicted molar refractivity (Wildman–Crippen MR) is 79.2 cm³/mol. The third kappa shape index (κ3) is 3.80. The van der Waals surface area contributed by atoms with Gasteiger partial charge in [0.15, 0.2) is 0 Å². The molecule has 116 valence electrons. The Bertz CT molecular complexity index is 525. The van der Waals surface area contributed by atoms with E-state index in [0.717, 1.165) is 5.56 Å². The third-order valence-electron chi connectivity index (χ3n) is 4.15. The Hall–Kier alpha value is -1.46. The predicted octanol–water partition coefficient (Wildman–Crippen LogP) is 1.45.